The van der Waals surface area contributed by atoms with E-state index in [1.807, 2.05) is 0 Å². The van der Waals surface area contributed by atoms with Crippen molar-refractivity contribution in [2.45, 2.75) is 38.8 Å². The van der Waals surface area contributed by atoms with Crippen molar-refractivity contribution >= 4 is 0 Å². The summed E-state index contributed by atoms with van der Waals surface area (Å²) in [7, 11) is 0. The second kappa shape index (κ2) is 5.46. The van der Waals surface area contributed by atoms with Crippen molar-refractivity contribution in [1.82, 2.24) is 4.90 Å². The van der Waals surface area contributed by atoms with Gasteiger partial charge in [-0.2, -0.15) is 0 Å². The summed E-state index contributed by atoms with van der Waals surface area (Å²) in [6, 6.07) is 9.44. The Morgan fingerprint density at radius 1 is 1.31 bits per heavy atom. The highest BCUT2D eigenvalue weighted by atomic mass is 15.2. The van der Waals surface area contributed by atoms with Crippen LogP contribution >= 0.6 is 0 Å². The van der Waals surface area contributed by atoms with Crippen molar-refractivity contribution in [3.8, 4) is 0 Å². The van der Waals surface area contributed by atoms with Crippen LogP contribution in [0.15, 0.2) is 24.3 Å². The van der Waals surface area contributed by atoms with E-state index < -0.39 is 0 Å². The van der Waals surface area contributed by atoms with E-state index in [1.54, 1.807) is 0 Å². The molecule has 2 nitrogen and oxygen atoms in total. The second-order valence-corrected chi connectivity index (χ2v) is 4.77. The molecule has 0 amide bonds. The van der Waals surface area contributed by atoms with Crippen molar-refractivity contribution in [3.63, 3.8) is 0 Å². The topological polar surface area (TPSA) is 29.3 Å². The maximum absolute atomic E-state index is 5.70. The summed E-state index contributed by atoms with van der Waals surface area (Å²) in [6.07, 6.45) is 4.09. The normalized spacial score (nSPS) is 16.4. The van der Waals surface area contributed by atoms with Crippen molar-refractivity contribution < 1.29 is 0 Å². The molecule has 1 aliphatic rings. The molecule has 2 rings (SSSR count). The van der Waals surface area contributed by atoms with Crippen LogP contribution in [-0.4, -0.2) is 24.0 Å². The number of nitrogens with two attached hydrogens (primary N) is 1. The second-order valence-electron chi connectivity index (χ2n) is 4.77. The third kappa shape index (κ3) is 2.63. The van der Waals surface area contributed by atoms with Crippen LogP contribution in [0.25, 0.3) is 0 Å². The van der Waals surface area contributed by atoms with Crippen LogP contribution in [0.2, 0.25) is 0 Å². The molecule has 88 valence electrons. The van der Waals surface area contributed by atoms with E-state index in [9.17, 15) is 0 Å². The van der Waals surface area contributed by atoms with Gasteiger partial charge in [0.2, 0.25) is 0 Å². The Bertz CT molecular complexity index is 331. The van der Waals surface area contributed by atoms with Gasteiger partial charge < -0.3 is 5.73 Å². The zero-order chi connectivity index (χ0) is 11.4. The SMILES string of the molecule is Cc1ccccc1CN(CCN)C1CCC1. The molecule has 0 unspecified atom stereocenters. The van der Waals surface area contributed by atoms with Crippen LogP contribution in [-0.2, 0) is 6.54 Å². The summed E-state index contributed by atoms with van der Waals surface area (Å²) in [5.74, 6) is 0. The van der Waals surface area contributed by atoms with Crippen LogP contribution in [0, 0.1) is 6.92 Å². The summed E-state index contributed by atoms with van der Waals surface area (Å²) >= 11 is 0. The number of nitrogens with zero attached hydrogens (tertiary/aromatic N) is 1. The van der Waals surface area contributed by atoms with Gasteiger partial charge in [-0.1, -0.05) is 30.7 Å². The fourth-order valence-corrected chi connectivity index (χ4v) is 2.31. The lowest BCUT2D eigenvalue weighted by atomic mass is 9.91. The standard InChI is InChI=1S/C14H22N2/c1-12-5-2-3-6-13(12)11-16(10-9-15)14-7-4-8-14/h2-3,5-6,14H,4,7-11,15H2,1H3. The fourth-order valence-electron chi connectivity index (χ4n) is 2.31. The van der Waals surface area contributed by atoms with E-state index >= 15 is 0 Å². The van der Waals surface area contributed by atoms with Gasteiger partial charge in [-0.3, -0.25) is 4.90 Å². The van der Waals surface area contributed by atoms with Crippen LogP contribution < -0.4 is 5.73 Å². The molecule has 0 spiro atoms. The predicted molar refractivity (Wildman–Crippen MR) is 68.3 cm³/mol. The largest absolute Gasteiger partial charge is 0.329 e. The van der Waals surface area contributed by atoms with Gasteiger partial charge in [-0.05, 0) is 30.9 Å². The first-order valence-electron chi connectivity index (χ1n) is 6.30. The lowest BCUT2D eigenvalue weighted by molar-refractivity contribution is 0.123. The summed E-state index contributed by atoms with van der Waals surface area (Å²) in [5.41, 5.74) is 8.54. The van der Waals surface area contributed by atoms with Gasteiger partial charge in [-0.25, -0.2) is 0 Å². The minimum absolute atomic E-state index is 0.766. The summed E-state index contributed by atoms with van der Waals surface area (Å²) in [6.45, 7) is 5.05. The molecular weight excluding hydrogens is 196 g/mol. The van der Waals surface area contributed by atoms with Crippen LogP contribution in [0.4, 0.5) is 0 Å². The number of rotatable bonds is 5. The molecule has 0 atom stereocenters. The maximum atomic E-state index is 5.70. The van der Waals surface area contributed by atoms with Crippen molar-refractivity contribution in [3.05, 3.63) is 35.4 Å². The van der Waals surface area contributed by atoms with Gasteiger partial charge in [0.15, 0.2) is 0 Å². The molecule has 0 aromatic heterocycles. The van der Waals surface area contributed by atoms with Gasteiger partial charge in [0.05, 0.1) is 0 Å². The maximum Gasteiger partial charge on any atom is 0.0239 e. The number of benzene rings is 1. The van der Waals surface area contributed by atoms with Crippen LogP contribution in [0.1, 0.15) is 30.4 Å². The minimum Gasteiger partial charge on any atom is -0.329 e. The molecule has 16 heavy (non-hydrogen) atoms. The highest BCUT2D eigenvalue weighted by Gasteiger charge is 2.24. The molecule has 0 heterocycles. The summed E-state index contributed by atoms with van der Waals surface area (Å²) in [5, 5.41) is 0. The first-order valence-corrected chi connectivity index (χ1v) is 6.30. The molecule has 0 saturated heterocycles. The van der Waals surface area contributed by atoms with E-state index in [2.05, 4.69) is 36.1 Å². The highest BCUT2D eigenvalue weighted by molar-refractivity contribution is 5.25. The van der Waals surface area contributed by atoms with E-state index in [-0.39, 0.29) is 0 Å². The number of hydrogen-bond acceptors (Lipinski definition) is 2. The Kier molecular flexibility index (Phi) is 3.97. The molecule has 1 aromatic rings. The average Bonchev–Trinajstić information content (AvgIpc) is 2.19. The van der Waals surface area contributed by atoms with Gasteiger partial charge in [0.25, 0.3) is 0 Å². The Morgan fingerprint density at radius 3 is 2.62 bits per heavy atom. The quantitative estimate of drug-likeness (QED) is 0.821. The van der Waals surface area contributed by atoms with Gasteiger partial charge in [0.1, 0.15) is 0 Å². The Morgan fingerprint density at radius 2 is 2.06 bits per heavy atom. The first kappa shape index (κ1) is 11.6. The lowest BCUT2D eigenvalue weighted by Crippen LogP contribution is -2.42. The van der Waals surface area contributed by atoms with E-state index in [4.69, 9.17) is 5.73 Å². The molecule has 0 bridgehead atoms. The van der Waals surface area contributed by atoms with Crippen molar-refractivity contribution in [1.29, 1.82) is 0 Å². The number of aryl methyl sites for hydroxylation is 1. The third-order valence-electron chi connectivity index (χ3n) is 3.64. The van der Waals surface area contributed by atoms with E-state index in [1.165, 1.54) is 30.4 Å². The molecule has 0 aliphatic heterocycles. The van der Waals surface area contributed by atoms with Crippen molar-refractivity contribution in [2.24, 2.45) is 5.73 Å². The first-order chi connectivity index (χ1) is 7.81. The summed E-state index contributed by atoms with van der Waals surface area (Å²) < 4.78 is 0. The van der Waals surface area contributed by atoms with Crippen LogP contribution in [0.3, 0.4) is 0 Å². The monoisotopic (exact) mass is 218 g/mol. The predicted octanol–water partition coefficient (Wildman–Crippen LogP) is 2.31. The van der Waals surface area contributed by atoms with E-state index in [0.29, 0.717) is 0 Å². The van der Waals surface area contributed by atoms with E-state index in [0.717, 1.165) is 25.7 Å². The average molecular weight is 218 g/mol. The molecule has 2 heteroatoms. The molecule has 0 radical (unpaired) electrons. The Hall–Kier alpha value is -0.860. The van der Waals surface area contributed by atoms with Crippen molar-refractivity contribution in [2.75, 3.05) is 13.1 Å². The Labute approximate surface area is 98.4 Å². The lowest BCUT2D eigenvalue weighted by Gasteiger charge is -2.37. The molecule has 1 aliphatic carbocycles. The molecule has 1 fully saturated rings. The minimum atomic E-state index is 0.766. The molecule has 1 saturated carbocycles. The zero-order valence-corrected chi connectivity index (χ0v) is 10.2. The molecular formula is C14H22N2. The molecule has 2 N–H and O–H groups in total. The highest BCUT2D eigenvalue weighted by Crippen LogP contribution is 2.26. The van der Waals surface area contributed by atoms with Crippen LogP contribution in [0.5, 0.6) is 0 Å². The van der Waals surface area contributed by atoms with Gasteiger partial charge in [0, 0.05) is 25.7 Å². The third-order valence-corrected chi connectivity index (χ3v) is 3.64. The fraction of sp³-hybridized carbons (Fsp3) is 0.571. The van der Waals surface area contributed by atoms with Gasteiger partial charge >= 0.3 is 0 Å². The molecule has 1 aromatic carbocycles. The number of hydrogen-bond donors (Lipinski definition) is 1. The Balaban J connectivity index is 2.01. The van der Waals surface area contributed by atoms with Gasteiger partial charge in [-0.15, -0.1) is 0 Å². The smallest absolute Gasteiger partial charge is 0.0239 e. The zero-order valence-electron chi connectivity index (χ0n) is 10.2. The summed E-state index contributed by atoms with van der Waals surface area (Å²) in [4.78, 5) is 2.55.